The first-order valence-electron chi connectivity index (χ1n) is 9.53. The summed E-state index contributed by atoms with van der Waals surface area (Å²) >= 11 is 0. The third-order valence-corrected chi connectivity index (χ3v) is 4.97. The van der Waals surface area contributed by atoms with E-state index in [1.165, 1.54) is 0 Å². The first kappa shape index (κ1) is 18.6. The van der Waals surface area contributed by atoms with Crippen molar-refractivity contribution in [3.8, 4) is 0 Å². The van der Waals surface area contributed by atoms with Crippen molar-refractivity contribution in [1.82, 2.24) is 10.7 Å². The van der Waals surface area contributed by atoms with E-state index in [9.17, 15) is 9.59 Å². The molecule has 0 radical (unpaired) electrons. The van der Waals surface area contributed by atoms with Gasteiger partial charge in [0, 0.05) is 16.7 Å². The molecule has 2 atom stereocenters. The monoisotopic (exact) mass is 384 g/mol. The van der Waals surface area contributed by atoms with Crippen LogP contribution < -0.4 is 10.7 Å². The molecule has 29 heavy (non-hydrogen) atoms. The van der Waals surface area contributed by atoms with Gasteiger partial charge in [-0.05, 0) is 31.2 Å². The lowest BCUT2D eigenvalue weighted by Gasteiger charge is -2.15. The number of aryl methyl sites for hydroxylation is 1. The highest BCUT2D eigenvalue weighted by atomic mass is 16.2. The quantitative estimate of drug-likeness (QED) is 0.680. The van der Waals surface area contributed by atoms with Gasteiger partial charge < -0.3 is 5.32 Å². The maximum atomic E-state index is 12.8. The molecule has 2 amide bonds. The predicted octanol–water partition coefficient (Wildman–Crippen LogP) is 3.01. The molecule has 1 saturated heterocycles. The zero-order valence-corrected chi connectivity index (χ0v) is 16.1. The van der Waals surface area contributed by atoms with Crippen LogP contribution in [0.4, 0.5) is 0 Å². The fourth-order valence-corrected chi connectivity index (χ4v) is 3.46. The minimum atomic E-state index is -0.717. The van der Waals surface area contributed by atoms with E-state index in [0.29, 0.717) is 5.56 Å². The molecular formula is C24H22N3O2+. The molecule has 1 heterocycles. The highest BCUT2D eigenvalue weighted by Gasteiger charge is 2.47. The molecule has 0 aromatic heterocycles. The Balaban J connectivity index is 1.70. The first-order chi connectivity index (χ1) is 14.1. The molecule has 0 bridgehead atoms. The average molecular weight is 384 g/mol. The SMILES string of the molecule is Cc1ccc([C@@H]2[C@H](NC(=O)c3ccccc3)C(=O)N/[N+]2=C\c2ccccc2)cc1. The van der Waals surface area contributed by atoms with Gasteiger partial charge in [0.2, 0.25) is 12.3 Å². The van der Waals surface area contributed by atoms with Crippen molar-refractivity contribution in [3.63, 3.8) is 0 Å². The molecule has 1 aliphatic heterocycles. The second-order valence-corrected chi connectivity index (χ2v) is 7.10. The smallest absolute Gasteiger partial charge is 0.304 e. The van der Waals surface area contributed by atoms with Crippen LogP contribution in [-0.2, 0) is 4.79 Å². The van der Waals surface area contributed by atoms with E-state index in [-0.39, 0.29) is 17.9 Å². The molecule has 4 rings (SSSR count). The van der Waals surface area contributed by atoms with E-state index in [4.69, 9.17) is 0 Å². The van der Waals surface area contributed by atoms with E-state index in [2.05, 4.69) is 10.7 Å². The number of benzene rings is 3. The van der Waals surface area contributed by atoms with Gasteiger partial charge in [0.1, 0.15) is 0 Å². The fraction of sp³-hybridized carbons (Fsp3) is 0.125. The molecule has 5 nitrogen and oxygen atoms in total. The molecule has 0 aliphatic carbocycles. The molecule has 0 spiro atoms. The van der Waals surface area contributed by atoms with Crippen LogP contribution in [0.1, 0.15) is 33.1 Å². The molecular weight excluding hydrogens is 362 g/mol. The topological polar surface area (TPSA) is 61.2 Å². The van der Waals surface area contributed by atoms with E-state index >= 15 is 0 Å². The number of carbonyl (C=O) groups is 2. The molecule has 0 unspecified atom stereocenters. The first-order valence-corrected chi connectivity index (χ1v) is 9.53. The van der Waals surface area contributed by atoms with Crippen LogP contribution in [0.2, 0.25) is 0 Å². The molecule has 3 aromatic carbocycles. The van der Waals surface area contributed by atoms with Crippen molar-refractivity contribution in [3.05, 3.63) is 107 Å². The summed E-state index contributed by atoms with van der Waals surface area (Å²) < 4.78 is 1.78. The van der Waals surface area contributed by atoms with Crippen LogP contribution in [-0.4, -0.2) is 28.8 Å². The number of nitrogens with one attached hydrogen (secondary N) is 2. The standard InChI is InChI=1S/C24H21N3O2/c1-17-12-14-19(15-13-17)22-21(25-23(28)20-10-6-3-7-11-20)24(29)26-27(22)16-18-8-4-2-5-9-18/h2-16,21-22H,1H3,(H-,25,26,28,29)/p+1/b27-16-/t21-,22+/m0/s1. The summed E-state index contributed by atoms with van der Waals surface area (Å²) in [6.45, 7) is 2.02. The largest absolute Gasteiger partial charge is 0.334 e. The van der Waals surface area contributed by atoms with Gasteiger partial charge in [-0.3, -0.25) is 9.59 Å². The normalized spacial score (nSPS) is 19.8. The Labute approximate surface area is 169 Å². The van der Waals surface area contributed by atoms with Crippen LogP contribution in [0.5, 0.6) is 0 Å². The van der Waals surface area contributed by atoms with Gasteiger partial charge in [0.25, 0.3) is 5.91 Å². The van der Waals surface area contributed by atoms with Gasteiger partial charge in [-0.15, -0.1) is 10.1 Å². The van der Waals surface area contributed by atoms with Gasteiger partial charge in [-0.2, -0.15) is 0 Å². The maximum Gasteiger partial charge on any atom is 0.304 e. The van der Waals surface area contributed by atoms with Gasteiger partial charge in [0.15, 0.2) is 6.04 Å². The zero-order chi connectivity index (χ0) is 20.2. The van der Waals surface area contributed by atoms with Gasteiger partial charge in [0.05, 0.1) is 0 Å². The summed E-state index contributed by atoms with van der Waals surface area (Å²) in [6, 6.07) is 25.6. The molecule has 1 aliphatic rings. The molecule has 144 valence electrons. The number of carbonyl (C=O) groups excluding carboxylic acids is 2. The Morgan fingerprint density at radius 3 is 2.21 bits per heavy atom. The Hall–Kier alpha value is -3.73. The van der Waals surface area contributed by atoms with Crippen molar-refractivity contribution in [1.29, 1.82) is 0 Å². The lowest BCUT2D eigenvalue weighted by Crippen LogP contribution is -2.42. The van der Waals surface area contributed by atoms with E-state index in [1.807, 2.05) is 73.8 Å². The zero-order valence-electron chi connectivity index (χ0n) is 16.1. The van der Waals surface area contributed by atoms with Crippen LogP contribution >= 0.6 is 0 Å². The van der Waals surface area contributed by atoms with Gasteiger partial charge in [-0.1, -0.05) is 66.2 Å². The molecule has 5 heteroatoms. The number of nitrogens with zero attached hydrogens (tertiary/aromatic N) is 1. The van der Waals surface area contributed by atoms with Gasteiger partial charge in [-0.25, -0.2) is 0 Å². The van der Waals surface area contributed by atoms with Crippen molar-refractivity contribution < 1.29 is 14.3 Å². The Morgan fingerprint density at radius 2 is 1.55 bits per heavy atom. The Kier molecular flexibility index (Phi) is 5.20. The summed E-state index contributed by atoms with van der Waals surface area (Å²) in [6.07, 6.45) is 1.89. The van der Waals surface area contributed by atoms with Gasteiger partial charge >= 0.3 is 5.91 Å². The number of hydrazone groups is 1. The summed E-state index contributed by atoms with van der Waals surface area (Å²) in [4.78, 5) is 25.5. The second kappa shape index (κ2) is 8.10. The molecule has 2 N–H and O–H groups in total. The summed E-state index contributed by atoms with van der Waals surface area (Å²) in [5.41, 5.74) is 6.45. The summed E-state index contributed by atoms with van der Waals surface area (Å²) in [7, 11) is 0. The number of hydrogen-bond acceptors (Lipinski definition) is 2. The number of hydrazine groups is 1. The Bertz CT molecular complexity index is 1040. The van der Waals surface area contributed by atoms with E-state index < -0.39 is 6.04 Å². The third-order valence-electron chi connectivity index (χ3n) is 4.97. The molecule has 0 saturated carbocycles. The minimum Gasteiger partial charge on any atom is -0.334 e. The minimum absolute atomic E-state index is 0.243. The number of amides is 2. The second-order valence-electron chi connectivity index (χ2n) is 7.10. The molecule has 1 fully saturated rings. The van der Waals surface area contributed by atoms with Crippen molar-refractivity contribution in [2.45, 2.75) is 19.0 Å². The summed E-state index contributed by atoms with van der Waals surface area (Å²) in [5.74, 6) is -0.517. The van der Waals surface area contributed by atoms with Crippen molar-refractivity contribution in [2.75, 3.05) is 0 Å². The lowest BCUT2D eigenvalue weighted by atomic mass is 9.98. The van der Waals surface area contributed by atoms with Crippen molar-refractivity contribution >= 4 is 18.0 Å². The highest BCUT2D eigenvalue weighted by Crippen LogP contribution is 2.26. The molecule has 3 aromatic rings. The third kappa shape index (κ3) is 4.09. The van der Waals surface area contributed by atoms with Crippen molar-refractivity contribution in [2.24, 2.45) is 0 Å². The highest BCUT2D eigenvalue weighted by molar-refractivity contribution is 5.98. The van der Waals surface area contributed by atoms with Crippen LogP contribution in [0, 0.1) is 6.92 Å². The fourth-order valence-electron chi connectivity index (χ4n) is 3.46. The maximum absolute atomic E-state index is 12.8. The number of hydrogen-bond donors (Lipinski definition) is 2. The lowest BCUT2D eigenvalue weighted by molar-refractivity contribution is -0.596. The summed E-state index contributed by atoms with van der Waals surface area (Å²) in [5, 5.41) is 2.91. The van der Waals surface area contributed by atoms with Crippen LogP contribution in [0.15, 0.2) is 84.9 Å². The van der Waals surface area contributed by atoms with Crippen LogP contribution in [0.25, 0.3) is 0 Å². The Morgan fingerprint density at radius 1 is 0.931 bits per heavy atom. The average Bonchev–Trinajstić information content (AvgIpc) is 3.04. The number of rotatable bonds is 4. The van der Waals surface area contributed by atoms with E-state index in [0.717, 1.165) is 16.7 Å². The predicted molar refractivity (Wildman–Crippen MR) is 112 cm³/mol. The van der Waals surface area contributed by atoms with E-state index in [1.54, 1.807) is 28.9 Å². The van der Waals surface area contributed by atoms with Crippen LogP contribution in [0.3, 0.4) is 0 Å².